The summed E-state index contributed by atoms with van der Waals surface area (Å²) in [6.45, 7) is 1.72. The molecule has 0 spiro atoms. The Morgan fingerprint density at radius 1 is 1.14 bits per heavy atom. The summed E-state index contributed by atoms with van der Waals surface area (Å²) in [5.74, 6) is -1.38. The normalized spacial score (nSPS) is 13.9. The van der Waals surface area contributed by atoms with Gasteiger partial charge < -0.3 is 23.7 Å². The van der Waals surface area contributed by atoms with Gasteiger partial charge in [-0.1, -0.05) is 12.1 Å². The number of rotatable bonds is 6. The molecule has 148 valence electrons. The number of benzene rings is 1. The molecule has 0 radical (unpaired) electrons. The number of amides is 1. The van der Waals surface area contributed by atoms with Crippen LogP contribution in [-0.2, 0) is 9.53 Å². The van der Waals surface area contributed by atoms with Crippen LogP contribution < -0.4 is 9.64 Å². The van der Waals surface area contributed by atoms with Gasteiger partial charge >= 0.3 is 11.9 Å². The summed E-state index contributed by atoms with van der Waals surface area (Å²) in [6.07, 6.45) is 0. The van der Waals surface area contributed by atoms with E-state index >= 15 is 0 Å². The van der Waals surface area contributed by atoms with Crippen LogP contribution in [0.4, 0.5) is 11.6 Å². The summed E-state index contributed by atoms with van der Waals surface area (Å²) in [4.78, 5) is 37.7. The summed E-state index contributed by atoms with van der Waals surface area (Å²) < 4.78 is 15.0. The quantitative estimate of drug-likeness (QED) is 0.416. The number of para-hydroxylation sites is 2. The number of ether oxygens (including phenoxy) is 2. The van der Waals surface area contributed by atoms with Crippen LogP contribution in [0.3, 0.4) is 0 Å². The van der Waals surface area contributed by atoms with Crippen LogP contribution in [0.5, 0.6) is 5.75 Å². The van der Waals surface area contributed by atoms with Gasteiger partial charge in [-0.05, 0) is 18.2 Å². The predicted octanol–water partition coefficient (Wildman–Crippen LogP) is 1.70. The van der Waals surface area contributed by atoms with Gasteiger partial charge in [-0.2, -0.15) is 0 Å². The van der Waals surface area contributed by atoms with Gasteiger partial charge in [-0.3, -0.25) is 14.9 Å². The van der Waals surface area contributed by atoms with Crippen LogP contribution >= 0.6 is 0 Å². The van der Waals surface area contributed by atoms with Crippen LogP contribution in [0.2, 0.25) is 0 Å². The zero-order valence-electron chi connectivity index (χ0n) is 15.2. The molecule has 0 aliphatic carbocycles. The maximum atomic E-state index is 12.3. The number of hydrogen-bond acceptors (Lipinski definition) is 8. The first-order valence-electron chi connectivity index (χ1n) is 8.56. The standard InChI is InChI=1S/C18H19N3O7/c1-26-14-5-3-2-4-13(14)19-8-10-20(11-9-19)16(22)12-27-18(23)15-6-7-17(28-15)21(24)25/h2-7H,8-12H2,1H3. The molecule has 1 saturated heterocycles. The van der Waals surface area contributed by atoms with E-state index in [4.69, 9.17) is 13.9 Å². The summed E-state index contributed by atoms with van der Waals surface area (Å²) in [7, 11) is 1.61. The summed E-state index contributed by atoms with van der Waals surface area (Å²) in [5.41, 5.74) is 0.961. The summed E-state index contributed by atoms with van der Waals surface area (Å²) in [5, 5.41) is 10.6. The lowest BCUT2D eigenvalue weighted by molar-refractivity contribution is -0.402. The van der Waals surface area contributed by atoms with Crippen LogP contribution in [0.1, 0.15) is 10.6 Å². The second-order valence-corrected chi connectivity index (χ2v) is 6.01. The number of carbonyl (C=O) groups is 2. The number of nitro groups is 1. The first-order chi connectivity index (χ1) is 13.5. The second-order valence-electron chi connectivity index (χ2n) is 6.01. The topological polar surface area (TPSA) is 115 Å². The van der Waals surface area contributed by atoms with Gasteiger partial charge in [0.25, 0.3) is 5.91 Å². The molecule has 1 amide bonds. The number of methoxy groups -OCH3 is 1. The van der Waals surface area contributed by atoms with Crippen LogP contribution in [0, 0.1) is 10.1 Å². The molecular weight excluding hydrogens is 370 g/mol. The van der Waals surface area contributed by atoms with Crippen molar-refractivity contribution in [3.63, 3.8) is 0 Å². The van der Waals surface area contributed by atoms with Crippen molar-refractivity contribution in [2.75, 3.05) is 44.8 Å². The highest BCUT2D eigenvalue weighted by Gasteiger charge is 2.25. The molecular formula is C18H19N3O7. The molecule has 0 saturated carbocycles. The minimum absolute atomic E-state index is 0.319. The molecule has 1 aliphatic heterocycles. The average Bonchev–Trinajstić information content (AvgIpc) is 3.22. The molecule has 10 nitrogen and oxygen atoms in total. The fraction of sp³-hybridized carbons (Fsp3) is 0.333. The van der Waals surface area contributed by atoms with E-state index in [1.165, 1.54) is 0 Å². The van der Waals surface area contributed by atoms with Crippen molar-refractivity contribution in [1.29, 1.82) is 0 Å². The van der Waals surface area contributed by atoms with Gasteiger partial charge in [0.1, 0.15) is 10.7 Å². The maximum absolute atomic E-state index is 12.3. The number of furan rings is 1. The second kappa shape index (κ2) is 8.42. The lowest BCUT2D eigenvalue weighted by atomic mass is 10.2. The molecule has 28 heavy (non-hydrogen) atoms. The van der Waals surface area contributed by atoms with E-state index in [-0.39, 0.29) is 11.7 Å². The molecule has 2 aromatic rings. The van der Waals surface area contributed by atoms with E-state index in [2.05, 4.69) is 4.90 Å². The van der Waals surface area contributed by atoms with E-state index in [1.54, 1.807) is 12.0 Å². The molecule has 0 bridgehead atoms. The summed E-state index contributed by atoms with van der Waals surface area (Å²) in [6, 6.07) is 9.84. The highest BCUT2D eigenvalue weighted by atomic mass is 16.7. The number of anilines is 1. The van der Waals surface area contributed by atoms with Crippen molar-refractivity contribution in [3.05, 3.63) is 52.3 Å². The highest BCUT2D eigenvalue weighted by molar-refractivity contribution is 5.89. The number of carbonyl (C=O) groups excluding carboxylic acids is 2. The molecule has 1 fully saturated rings. The average molecular weight is 389 g/mol. The van der Waals surface area contributed by atoms with Crippen molar-refractivity contribution in [3.8, 4) is 5.75 Å². The Hall–Kier alpha value is -3.56. The molecule has 10 heteroatoms. The van der Waals surface area contributed by atoms with Gasteiger partial charge in [-0.15, -0.1) is 0 Å². The molecule has 0 unspecified atom stereocenters. The van der Waals surface area contributed by atoms with Crippen molar-refractivity contribution in [1.82, 2.24) is 4.90 Å². The van der Waals surface area contributed by atoms with Gasteiger partial charge in [0, 0.05) is 26.2 Å². The molecule has 1 aromatic carbocycles. The molecule has 0 atom stereocenters. The monoisotopic (exact) mass is 389 g/mol. The Labute approximate surface area is 160 Å². The third-order valence-corrected chi connectivity index (χ3v) is 4.36. The fourth-order valence-electron chi connectivity index (χ4n) is 2.91. The predicted molar refractivity (Wildman–Crippen MR) is 97.4 cm³/mol. The minimum Gasteiger partial charge on any atom is -0.495 e. The van der Waals surface area contributed by atoms with Crippen molar-refractivity contribution in [2.45, 2.75) is 0 Å². The number of nitrogens with zero attached hydrogens (tertiary/aromatic N) is 3. The third-order valence-electron chi connectivity index (χ3n) is 4.36. The van der Waals surface area contributed by atoms with Crippen LogP contribution in [0.15, 0.2) is 40.8 Å². The zero-order chi connectivity index (χ0) is 20.1. The maximum Gasteiger partial charge on any atom is 0.433 e. The molecule has 2 heterocycles. The van der Waals surface area contributed by atoms with Gasteiger partial charge in [0.15, 0.2) is 6.61 Å². The van der Waals surface area contributed by atoms with E-state index in [9.17, 15) is 19.7 Å². The first kappa shape index (κ1) is 19.2. The zero-order valence-corrected chi connectivity index (χ0v) is 15.2. The van der Waals surface area contributed by atoms with Crippen molar-refractivity contribution in [2.24, 2.45) is 0 Å². The third kappa shape index (κ3) is 4.22. The van der Waals surface area contributed by atoms with E-state index in [0.717, 1.165) is 23.6 Å². The van der Waals surface area contributed by atoms with E-state index < -0.39 is 23.4 Å². The Morgan fingerprint density at radius 3 is 2.50 bits per heavy atom. The molecule has 1 aliphatic rings. The Balaban J connectivity index is 1.49. The Bertz CT molecular complexity index is 872. The van der Waals surface area contributed by atoms with Gasteiger partial charge in [-0.25, -0.2) is 4.79 Å². The fourth-order valence-corrected chi connectivity index (χ4v) is 2.91. The molecule has 1 aromatic heterocycles. The smallest absolute Gasteiger partial charge is 0.433 e. The number of piperazine rings is 1. The largest absolute Gasteiger partial charge is 0.495 e. The van der Waals surface area contributed by atoms with Crippen LogP contribution in [-0.4, -0.2) is 61.6 Å². The Morgan fingerprint density at radius 2 is 1.86 bits per heavy atom. The van der Waals surface area contributed by atoms with Crippen molar-refractivity contribution < 1.29 is 28.4 Å². The molecule has 0 N–H and O–H groups in total. The lowest BCUT2D eigenvalue weighted by Gasteiger charge is -2.36. The van der Waals surface area contributed by atoms with Gasteiger partial charge in [0.05, 0.1) is 18.9 Å². The number of esters is 1. The molecule has 3 rings (SSSR count). The number of hydrogen-bond donors (Lipinski definition) is 0. The van der Waals surface area contributed by atoms with Crippen LogP contribution in [0.25, 0.3) is 0 Å². The van der Waals surface area contributed by atoms with E-state index in [1.807, 2.05) is 24.3 Å². The highest BCUT2D eigenvalue weighted by Crippen LogP contribution is 2.28. The minimum atomic E-state index is -0.922. The van der Waals surface area contributed by atoms with E-state index in [0.29, 0.717) is 26.2 Å². The first-order valence-corrected chi connectivity index (χ1v) is 8.56. The van der Waals surface area contributed by atoms with Gasteiger partial charge in [0.2, 0.25) is 5.76 Å². The SMILES string of the molecule is COc1ccccc1N1CCN(C(=O)COC(=O)c2ccc([N+](=O)[O-])o2)CC1. The summed E-state index contributed by atoms with van der Waals surface area (Å²) >= 11 is 0. The van der Waals surface area contributed by atoms with Crippen molar-refractivity contribution >= 4 is 23.4 Å². The lowest BCUT2D eigenvalue weighted by Crippen LogP contribution is -2.50. The Kier molecular flexibility index (Phi) is 5.78.